The van der Waals surface area contributed by atoms with E-state index in [-0.39, 0.29) is 24.4 Å². The van der Waals surface area contributed by atoms with Crippen molar-refractivity contribution in [1.29, 1.82) is 0 Å². The van der Waals surface area contributed by atoms with E-state index in [1.165, 1.54) is 6.20 Å². The van der Waals surface area contributed by atoms with Crippen LogP contribution in [0.3, 0.4) is 0 Å². The Labute approximate surface area is 113 Å². The molecule has 1 aromatic rings. The van der Waals surface area contributed by atoms with Crippen LogP contribution in [0.5, 0.6) is 0 Å². The standard InChI is InChI=1S/C13H20N4O2/c1-4-14-13(19)10-5-6-15-11(7-10)16-8-12(18)17-9(2)3/h5-7,9H,4,8H2,1-3H3,(H,14,19)(H,15,16)(H,17,18). The first-order valence-corrected chi connectivity index (χ1v) is 6.30. The summed E-state index contributed by atoms with van der Waals surface area (Å²) >= 11 is 0. The van der Waals surface area contributed by atoms with Crippen molar-refractivity contribution in [3.63, 3.8) is 0 Å². The molecule has 0 bridgehead atoms. The fourth-order valence-electron chi connectivity index (χ4n) is 1.47. The number of carbonyl (C=O) groups is 2. The van der Waals surface area contributed by atoms with Crippen LogP contribution in [-0.2, 0) is 4.79 Å². The summed E-state index contributed by atoms with van der Waals surface area (Å²) in [6.07, 6.45) is 1.53. The monoisotopic (exact) mass is 264 g/mol. The van der Waals surface area contributed by atoms with Gasteiger partial charge in [-0.2, -0.15) is 0 Å². The van der Waals surface area contributed by atoms with Gasteiger partial charge in [-0.25, -0.2) is 4.98 Å². The Kier molecular flexibility index (Phi) is 5.78. The summed E-state index contributed by atoms with van der Waals surface area (Å²) in [5.41, 5.74) is 0.517. The minimum absolute atomic E-state index is 0.101. The Hall–Kier alpha value is -2.11. The molecule has 0 spiro atoms. The van der Waals surface area contributed by atoms with Gasteiger partial charge in [-0.3, -0.25) is 9.59 Å². The predicted octanol–water partition coefficient (Wildman–Crippen LogP) is 0.768. The van der Waals surface area contributed by atoms with Crippen LogP contribution in [0.4, 0.5) is 5.82 Å². The zero-order valence-electron chi connectivity index (χ0n) is 11.5. The van der Waals surface area contributed by atoms with E-state index < -0.39 is 0 Å². The first-order chi connectivity index (χ1) is 9.02. The molecular formula is C13H20N4O2. The second-order valence-corrected chi connectivity index (χ2v) is 4.36. The molecule has 0 aromatic carbocycles. The molecular weight excluding hydrogens is 244 g/mol. The molecule has 0 atom stereocenters. The number of hydrogen-bond acceptors (Lipinski definition) is 4. The van der Waals surface area contributed by atoms with Crippen LogP contribution in [0.1, 0.15) is 31.1 Å². The van der Waals surface area contributed by atoms with Crippen molar-refractivity contribution in [2.24, 2.45) is 0 Å². The van der Waals surface area contributed by atoms with Crippen molar-refractivity contribution < 1.29 is 9.59 Å². The molecule has 0 aliphatic rings. The highest BCUT2D eigenvalue weighted by atomic mass is 16.2. The molecule has 6 heteroatoms. The van der Waals surface area contributed by atoms with Crippen LogP contribution < -0.4 is 16.0 Å². The fraction of sp³-hybridized carbons (Fsp3) is 0.462. The summed E-state index contributed by atoms with van der Waals surface area (Å²) < 4.78 is 0. The van der Waals surface area contributed by atoms with Gasteiger partial charge in [-0.1, -0.05) is 0 Å². The lowest BCUT2D eigenvalue weighted by atomic mass is 10.2. The molecule has 0 radical (unpaired) electrons. The number of anilines is 1. The van der Waals surface area contributed by atoms with Crippen molar-refractivity contribution in [1.82, 2.24) is 15.6 Å². The van der Waals surface area contributed by atoms with Gasteiger partial charge in [0.05, 0.1) is 6.54 Å². The molecule has 0 saturated carbocycles. The maximum atomic E-state index is 11.6. The number of amides is 2. The van der Waals surface area contributed by atoms with E-state index in [0.29, 0.717) is 17.9 Å². The molecule has 3 N–H and O–H groups in total. The number of nitrogens with one attached hydrogen (secondary N) is 3. The number of rotatable bonds is 6. The molecule has 104 valence electrons. The highest BCUT2D eigenvalue weighted by Crippen LogP contribution is 2.06. The summed E-state index contributed by atoms with van der Waals surface area (Å²) in [6.45, 7) is 6.34. The van der Waals surface area contributed by atoms with E-state index in [1.807, 2.05) is 20.8 Å². The van der Waals surface area contributed by atoms with Gasteiger partial charge in [0.15, 0.2) is 0 Å². The van der Waals surface area contributed by atoms with Crippen molar-refractivity contribution in [2.75, 3.05) is 18.4 Å². The first-order valence-electron chi connectivity index (χ1n) is 6.30. The van der Waals surface area contributed by atoms with E-state index in [1.54, 1.807) is 12.1 Å². The van der Waals surface area contributed by atoms with Crippen LogP contribution in [0.15, 0.2) is 18.3 Å². The molecule has 0 aliphatic heterocycles. The van der Waals surface area contributed by atoms with Crippen molar-refractivity contribution >= 4 is 17.6 Å². The van der Waals surface area contributed by atoms with E-state index in [4.69, 9.17) is 0 Å². The molecule has 0 unspecified atom stereocenters. The van der Waals surface area contributed by atoms with Crippen LogP contribution in [0, 0.1) is 0 Å². The lowest BCUT2D eigenvalue weighted by Gasteiger charge is -2.10. The maximum Gasteiger partial charge on any atom is 0.251 e. The van der Waals surface area contributed by atoms with Crippen LogP contribution >= 0.6 is 0 Å². The minimum atomic E-state index is -0.153. The lowest BCUT2D eigenvalue weighted by molar-refractivity contribution is -0.119. The Balaban J connectivity index is 2.57. The van der Waals surface area contributed by atoms with Crippen LogP contribution in [0.2, 0.25) is 0 Å². The molecule has 0 saturated heterocycles. The lowest BCUT2D eigenvalue weighted by Crippen LogP contribution is -2.35. The highest BCUT2D eigenvalue weighted by Gasteiger charge is 2.07. The third-order valence-corrected chi connectivity index (χ3v) is 2.24. The Morgan fingerprint density at radius 3 is 2.74 bits per heavy atom. The molecule has 6 nitrogen and oxygen atoms in total. The Morgan fingerprint density at radius 1 is 1.37 bits per heavy atom. The fourth-order valence-corrected chi connectivity index (χ4v) is 1.47. The summed E-state index contributed by atoms with van der Waals surface area (Å²) in [5.74, 6) is 0.238. The number of hydrogen-bond donors (Lipinski definition) is 3. The van der Waals surface area contributed by atoms with Crippen molar-refractivity contribution in [2.45, 2.75) is 26.8 Å². The quantitative estimate of drug-likeness (QED) is 0.708. The number of nitrogens with zero attached hydrogens (tertiary/aromatic N) is 1. The van der Waals surface area contributed by atoms with E-state index in [0.717, 1.165) is 0 Å². The third-order valence-electron chi connectivity index (χ3n) is 2.24. The summed E-state index contributed by atoms with van der Waals surface area (Å²) in [5, 5.41) is 8.35. The molecule has 0 fully saturated rings. The Morgan fingerprint density at radius 2 is 2.11 bits per heavy atom. The zero-order chi connectivity index (χ0) is 14.3. The number of aromatic nitrogens is 1. The topological polar surface area (TPSA) is 83.1 Å². The van der Waals surface area contributed by atoms with Gasteiger partial charge in [-0.15, -0.1) is 0 Å². The molecule has 19 heavy (non-hydrogen) atoms. The summed E-state index contributed by atoms with van der Waals surface area (Å²) in [7, 11) is 0. The molecule has 1 aromatic heterocycles. The molecule has 2 amide bonds. The van der Waals surface area contributed by atoms with E-state index in [9.17, 15) is 9.59 Å². The molecule has 0 aliphatic carbocycles. The normalized spacial score (nSPS) is 10.1. The van der Waals surface area contributed by atoms with Crippen LogP contribution in [-0.4, -0.2) is 35.9 Å². The zero-order valence-corrected chi connectivity index (χ0v) is 11.5. The molecule has 1 rings (SSSR count). The van der Waals surface area contributed by atoms with E-state index >= 15 is 0 Å². The second kappa shape index (κ2) is 7.35. The van der Waals surface area contributed by atoms with Crippen molar-refractivity contribution in [3.05, 3.63) is 23.9 Å². The van der Waals surface area contributed by atoms with Gasteiger partial charge in [0, 0.05) is 24.3 Å². The Bertz CT molecular complexity index is 446. The SMILES string of the molecule is CCNC(=O)c1ccnc(NCC(=O)NC(C)C)c1. The maximum absolute atomic E-state index is 11.6. The predicted molar refractivity (Wildman–Crippen MR) is 74.0 cm³/mol. The van der Waals surface area contributed by atoms with Gasteiger partial charge in [0.1, 0.15) is 5.82 Å². The van der Waals surface area contributed by atoms with Crippen LogP contribution in [0.25, 0.3) is 0 Å². The largest absolute Gasteiger partial charge is 0.361 e. The smallest absolute Gasteiger partial charge is 0.251 e. The van der Waals surface area contributed by atoms with Gasteiger partial charge < -0.3 is 16.0 Å². The summed E-state index contributed by atoms with van der Waals surface area (Å²) in [6, 6.07) is 3.35. The number of pyridine rings is 1. The van der Waals surface area contributed by atoms with Gasteiger partial charge in [0.2, 0.25) is 5.91 Å². The number of carbonyl (C=O) groups excluding carboxylic acids is 2. The first kappa shape index (κ1) is 14.9. The van der Waals surface area contributed by atoms with Gasteiger partial charge in [0.25, 0.3) is 5.91 Å². The van der Waals surface area contributed by atoms with Gasteiger partial charge in [-0.05, 0) is 32.9 Å². The van der Waals surface area contributed by atoms with Gasteiger partial charge >= 0.3 is 0 Å². The molecule has 1 heterocycles. The minimum Gasteiger partial charge on any atom is -0.361 e. The summed E-state index contributed by atoms with van der Waals surface area (Å²) in [4.78, 5) is 27.2. The van der Waals surface area contributed by atoms with E-state index in [2.05, 4.69) is 20.9 Å². The van der Waals surface area contributed by atoms with Crippen molar-refractivity contribution in [3.8, 4) is 0 Å². The average molecular weight is 264 g/mol. The highest BCUT2D eigenvalue weighted by molar-refractivity contribution is 5.94. The third kappa shape index (κ3) is 5.37. The second-order valence-electron chi connectivity index (χ2n) is 4.36. The average Bonchev–Trinajstić information content (AvgIpc) is 2.36.